The predicted octanol–water partition coefficient (Wildman–Crippen LogP) is 7.85. The van der Waals surface area contributed by atoms with Crippen molar-refractivity contribution in [3.05, 3.63) is 0 Å². The zero-order chi connectivity index (χ0) is 29.6. The molecule has 6 heteroatoms. The van der Waals surface area contributed by atoms with Gasteiger partial charge in [-0.3, -0.25) is 0 Å². The number of hydrogen-bond acceptors (Lipinski definition) is 6. The van der Waals surface area contributed by atoms with Gasteiger partial charge < -0.3 is 32.0 Å². The topological polar surface area (TPSA) is 109 Å². The number of nitrogens with two attached hydrogens (primary N) is 3. The highest BCUT2D eigenvalue weighted by Crippen LogP contribution is 2.12. The van der Waals surface area contributed by atoms with Crippen LogP contribution in [0.3, 0.4) is 0 Å². The molecule has 0 amide bonds. The average Bonchev–Trinajstić information content (AvgIpc) is 2.97. The van der Waals surface area contributed by atoms with Gasteiger partial charge in [0.05, 0.1) is 12.7 Å². The van der Waals surface area contributed by atoms with Gasteiger partial charge in [0.15, 0.2) is 0 Å². The summed E-state index contributed by atoms with van der Waals surface area (Å²) in [6.45, 7) is 11.2. The molecule has 0 aromatic heterocycles. The Morgan fingerprint density at radius 2 is 0.900 bits per heavy atom. The fourth-order valence-corrected chi connectivity index (χ4v) is 4.68. The lowest BCUT2D eigenvalue weighted by atomic mass is 10.1. The van der Waals surface area contributed by atoms with E-state index in [1.807, 2.05) is 0 Å². The molecule has 1 unspecified atom stereocenters. The maximum Gasteiger partial charge on any atom is 0.0930 e. The Bertz CT molecular complexity index is 407. The molecule has 0 aliphatic heterocycles. The maximum absolute atomic E-state index is 5.91. The van der Waals surface area contributed by atoms with Crippen LogP contribution in [0.15, 0.2) is 0 Å². The van der Waals surface area contributed by atoms with Crippen molar-refractivity contribution >= 4 is 0 Å². The van der Waals surface area contributed by atoms with Crippen molar-refractivity contribution in [2.45, 2.75) is 168 Å². The normalized spacial score (nSPS) is 11.9. The summed E-state index contributed by atoms with van der Waals surface area (Å²) in [5.74, 6) is 0. The summed E-state index contributed by atoms with van der Waals surface area (Å²) < 4.78 is 11.7. The minimum absolute atomic E-state index is 0.0756. The lowest BCUT2D eigenvalue weighted by Gasteiger charge is -2.16. The molecular weight excluding hydrogens is 496 g/mol. The second kappa shape index (κ2) is 40.9. The van der Waals surface area contributed by atoms with Gasteiger partial charge in [0.25, 0.3) is 0 Å². The molecule has 0 aromatic rings. The smallest absolute Gasteiger partial charge is 0.0930 e. The van der Waals surface area contributed by atoms with Crippen molar-refractivity contribution < 1.29 is 9.47 Å². The van der Waals surface area contributed by atoms with Crippen LogP contribution in [-0.2, 0) is 9.47 Å². The van der Waals surface area contributed by atoms with E-state index in [1.54, 1.807) is 0 Å². The number of ether oxygens (including phenoxy) is 2. The molecule has 40 heavy (non-hydrogen) atoms. The molecular formula is C34H76N4O2. The Hall–Kier alpha value is -0.240. The molecule has 1 atom stereocenters. The van der Waals surface area contributed by atoms with Crippen molar-refractivity contribution in [2.75, 3.05) is 52.5 Å². The van der Waals surface area contributed by atoms with Crippen LogP contribution in [0.4, 0.5) is 0 Å². The maximum atomic E-state index is 5.91. The van der Waals surface area contributed by atoms with Crippen molar-refractivity contribution in [2.24, 2.45) is 17.2 Å². The van der Waals surface area contributed by atoms with Crippen LogP contribution >= 0.6 is 0 Å². The van der Waals surface area contributed by atoms with Gasteiger partial charge in [-0.15, -0.1) is 0 Å². The zero-order valence-corrected chi connectivity index (χ0v) is 27.5. The molecule has 0 saturated carbocycles. The number of hydrogen-bond donors (Lipinski definition) is 4. The lowest BCUT2D eigenvalue weighted by molar-refractivity contribution is -0.0136. The van der Waals surface area contributed by atoms with Gasteiger partial charge in [-0.05, 0) is 58.3 Å². The second-order valence-corrected chi connectivity index (χ2v) is 11.6. The van der Waals surface area contributed by atoms with Gasteiger partial charge in [0.1, 0.15) is 0 Å². The molecule has 0 aliphatic rings. The summed E-state index contributed by atoms with van der Waals surface area (Å²) in [6.07, 6.45) is 30.7. The first-order chi connectivity index (χ1) is 19.8. The first-order valence-electron chi connectivity index (χ1n) is 17.8. The number of unbranched alkanes of at least 4 members (excludes halogenated alkanes) is 19. The van der Waals surface area contributed by atoms with Crippen molar-refractivity contribution in [3.8, 4) is 0 Å². The van der Waals surface area contributed by atoms with E-state index in [0.717, 1.165) is 58.7 Å². The second-order valence-electron chi connectivity index (χ2n) is 11.6. The van der Waals surface area contributed by atoms with Crippen molar-refractivity contribution in [1.29, 1.82) is 0 Å². The third-order valence-electron chi connectivity index (χ3n) is 7.43. The Labute approximate surface area is 252 Å². The highest BCUT2D eigenvalue weighted by Gasteiger charge is 2.06. The van der Waals surface area contributed by atoms with E-state index in [1.165, 1.54) is 128 Å². The van der Waals surface area contributed by atoms with Gasteiger partial charge in [-0.2, -0.15) is 0 Å². The molecule has 0 spiro atoms. The first-order valence-corrected chi connectivity index (χ1v) is 17.8. The van der Waals surface area contributed by atoms with Crippen LogP contribution in [-0.4, -0.2) is 58.6 Å². The summed E-state index contributed by atoms with van der Waals surface area (Å²) in [5.41, 5.74) is 16.5. The average molecular weight is 573 g/mol. The fraction of sp³-hybridized carbons (Fsp3) is 1.00. The van der Waals surface area contributed by atoms with Gasteiger partial charge >= 0.3 is 0 Å². The van der Waals surface area contributed by atoms with Gasteiger partial charge in [-0.25, -0.2) is 0 Å². The van der Waals surface area contributed by atoms with Gasteiger partial charge in [-0.1, -0.05) is 129 Å². The third-order valence-corrected chi connectivity index (χ3v) is 7.43. The molecule has 0 rings (SSSR count). The summed E-state index contributed by atoms with van der Waals surface area (Å²) in [7, 11) is 0. The Morgan fingerprint density at radius 1 is 0.475 bits per heavy atom. The molecule has 0 aliphatic carbocycles. The minimum atomic E-state index is 0.0756. The third kappa shape index (κ3) is 39.9. The molecule has 0 radical (unpaired) electrons. The summed E-state index contributed by atoms with van der Waals surface area (Å²) in [6, 6.07) is 0. The molecule has 6 nitrogen and oxygen atoms in total. The van der Waals surface area contributed by atoms with E-state index in [-0.39, 0.29) is 6.10 Å². The van der Waals surface area contributed by atoms with E-state index in [0.29, 0.717) is 13.2 Å². The van der Waals surface area contributed by atoms with E-state index in [4.69, 9.17) is 26.7 Å². The predicted molar refractivity (Wildman–Crippen MR) is 178 cm³/mol. The highest BCUT2D eigenvalue weighted by atomic mass is 16.5. The SMILES string of the molecule is CCCCCCCCCCCCOCC(CN)OCCCCCCCCCCCC.NCCCCNCCCN. The summed E-state index contributed by atoms with van der Waals surface area (Å²) in [5, 5.41) is 3.29. The van der Waals surface area contributed by atoms with Crippen LogP contribution in [0.1, 0.15) is 162 Å². The van der Waals surface area contributed by atoms with Gasteiger partial charge in [0.2, 0.25) is 0 Å². The molecule has 0 fully saturated rings. The molecule has 244 valence electrons. The number of nitrogens with one attached hydrogen (secondary N) is 1. The van der Waals surface area contributed by atoms with Crippen LogP contribution in [0.2, 0.25) is 0 Å². The van der Waals surface area contributed by atoms with E-state index in [9.17, 15) is 0 Å². The van der Waals surface area contributed by atoms with Crippen molar-refractivity contribution in [3.63, 3.8) is 0 Å². The molecule has 0 heterocycles. The molecule has 7 N–H and O–H groups in total. The van der Waals surface area contributed by atoms with Crippen LogP contribution in [0.25, 0.3) is 0 Å². The molecule has 0 aromatic carbocycles. The lowest BCUT2D eigenvalue weighted by Crippen LogP contribution is -2.29. The van der Waals surface area contributed by atoms with Crippen LogP contribution in [0.5, 0.6) is 0 Å². The monoisotopic (exact) mass is 573 g/mol. The summed E-state index contributed by atoms with van der Waals surface area (Å²) in [4.78, 5) is 0. The molecule has 0 bridgehead atoms. The van der Waals surface area contributed by atoms with Gasteiger partial charge in [0, 0.05) is 19.8 Å². The quantitative estimate of drug-likeness (QED) is 0.0596. The zero-order valence-electron chi connectivity index (χ0n) is 27.5. The standard InChI is InChI=1S/C27H57NO2.C7H19N3/c1-3-5-7-9-11-13-15-17-19-21-23-29-26-27(25-28)30-24-22-20-18-16-14-12-10-8-6-4-2;8-4-1-2-6-10-7-3-5-9/h27H,3-26,28H2,1-2H3;10H,1-9H2. The van der Waals surface area contributed by atoms with E-state index >= 15 is 0 Å². The van der Waals surface area contributed by atoms with Crippen LogP contribution < -0.4 is 22.5 Å². The van der Waals surface area contributed by atoms with E-state index < -0.39 is 0 Å². The van der Waals surface area contributed by atoms with Crippen LogP contribution in [0, 0.1) is 0 Å². The minimum Gasteiger partial charge on any atom is -0.379 e. The Morgan fingerprint density at radius 3 is 1.35 bits per heavy atom. The fourth-order valence-electron chi connectivity index (χ4n) is 4.68. The number of rotatable bonds is 33. The molecule has 0 saturated heterocycles. The Balaban J connectivity index is 0. The Kier molecular flexibility index (Phi) is 42.8. The highest BCUT2D eigenvalue weighted by molar-refractivity contribution is 4.58. The summed E-state index contributed by atoms with van der Waals surface area (Å²) >= 11 is 0. The largest absolute Gasteiger partial charge is 0.379 e. The van der Waals surface area contributed by atoms with E-state index in [2.05, 4.69) is 19.2 Å². The first kappa shape index (κ1) is 41.9. The van der Waals surface area contributed by atoms with Crippen molar-refractivity contribution in [1.82, 2.24) is 5.32 Å².